The fourth-order valence-corrected chi connectivity index (χ4v) is 2.17. The monoisotopic (exact) mass is 300 g/mol. The molecule has 0 amide bonds. The second-order valence-electron chi connectivity index (χ2n) is 4.85. The Kier molecular flexibility index (Phi) is 3.98. The van der Waals surface area contributed by atoms with Crippen molar-refractivity contribution in [3.63, 3.8) is 0 Å². The van der Waals surface area contributed by atoms with E-state index in [1.165, 1.54) is 36.4 Å². The number of ketones is 1. The number of nitrogens with zero attached hydrogens (tertiary/aromatic N) is 2. The van der Waals surface area contributed by atoms with E-state index in [0.29, 0.717) is 22.3 Å². The number of nitro benzene ring substituents is 2. The number of rotatable bonds is 4. The molecule has 0 radical (unpaired) electrons. The van der Waals surface area contributed by atoms with Crippen LogP contribution in [0.4, 0.5) is 11.4 Å². The second kappa shape index (κ2) is 5.72. The van der Waals surface area contributed by atoms with Crippen molar-refractivity contribution < 1.29 is 14.6 Å². The molecule has 7 nitrogen and oxygen atoms in total. The lowest BCUT2D eigenvalue weighted by atomic mass is 9.99. The van der Waals surface area contributed by atoms with Gasteiger partial charge in [-0.25, -0.2) is 0 Å². The maximum Gasteiger partial charge on any atom is 0.272 e. The molecule has 0 aliphatic heterocycles. The van der Waals surface area contributed by atoms with Gasteiger partial charge in [0.05, 0.1) is 9.85 Å². The van der Waals surface area contributed by atoms with Crippen molar-refractivity contribution >= 4 is 17.2 Å². The minimum Gasteiger partial charge on any atom is -0.289 e. The summed E-state index contributed by atoms with van der Waals surface area (Å²) in [4.78, 5) is 32.9. The Morgan fingerprint density at radius 3 is 1.45 bits per heavy atom. The van der Waals surface area contributed by atoms with Gasteiger partial charge in [-0.2, -0.15) is 0 Å². The third kappa shape index (κ3) is 2.83. The number of hydrogen-bond acceptors (Lipinski definition) is 5. The molecule has 0 unspecified atom stereocenters. The Morgan fingerprint density at radius 1 is 0.818 bits per heavy atom. The molecule has 2 aromatic carbocycles. The van der Waals surface area contributed by atoms with Crippen LogP contribution in [0.15, 0.2) is 36.4 Å². The molecule has 0 heterocycles. The van der Waals surface area contributed by atoms with Gasteiger partial charge in [0.2, 0.25) is 0 Å². The molecule has 2 rings (SSSR count). The van der Waals surface area contributed by atoms with Gasteiger partial charge in [0.1, 0.15) is 0 Å². The van der Waals surface area contributed by atoms with Gasteiger partial charge in [0.25, 0.3) is 11.4 Å². The molecule has 0 aliphatic rings. The Bertz CT molecular complexity index is 733. The van der Waals surface area contributed by atoms with Crippen LogP contribution in [0.3, 0.4) is 0 Å². The van der Waals surface area contributed by atoms with Crippen molar-refractivity contribution in [2.24, 2.45) is 0 Å². The summed E-state index contributed by atoms with van der Waals surface area (Å²) in [6.45, 7) is 3.10. The third-order valence-corrected chi connectivity index (χ3v) is 3.31. The van der Waals surface area contributed by atoms with Crippen LogP contribution in [0.25, 0.3) is 0 Å². The zero-order valence-corrected chi connectivity index (χ0v) is 11.9. The van der Waals surface area contributed by atoms with E-state index in [9.17, 15) is 25.0 Å². The van der Waals surface area contributed by atoms with Crippen molar-refractivity contribution in [2.45, 2.75) is 13.8 Å². The van der Waals surface area contributed by atoms with Crippen LogP contribution in [0.2, 0.25) is 0 Å². The molecule has 0 atom stereocenters. The van der Waals surface area contributed by atoms with Gasteiger partial charge >= 0.3 is 0 Å². The van der Waals surface area contributed by atoms with Crippen LogP contribution in [-0.2, 0) is 0 Å². The standard InChI is InChI=1S/C15H12N2O5/c1-9-7-11(3-5-13(9)16(19)20)15(18)12-4-6-14(17(21)22)10(2)8-12/h3-8H,1-2H3. The van der Waals surface area contributed by atoms with E-state index >= 15 is 0 Å². The summed E-state index contributed by atoms with van der Waals surface area (Å²) in [6, 6.07) is 8.20. The number of carbonyl (C=O) groups is 1. The lowest BCUT2D eigenvalue weighted by Gasteiger charge is -2.05. The average molecular weight is 300 g/mol. The Hall–Kier alpha value is -3.09. The van der Waals surface area contributed by atoms with Gasteiger partial charge in [-0.1, -0.05) is 0 Å². The highest BCUT2D eigenvalue weighted by Gasteiger charge is 2.17. The van der Waals surface area contributed by atoms with Gasteiger partial charge in [-0.3, -0.25) is 25.0 Å². The molecule has 0 aliphatic carbocycles. The highest BCUT2D eigenvalue weighted by molar-refractivity contribution is 6.09. The average Bonchev–Trinajstić information content (AvgIpc) is 2.45. The number of benzene rings is 2. The molecule has 0 spiro atoms. The number of aryl methyl sites for hydroxylation is 2. The summed E-state index contributed by atoms with van der Waals surface area (Å²) < 4.78 is 0. The molecule has 0 fully saturated rings. The topological polar surface area (TPSA) is 103 Å². The van der Waals surface area contributed by atoms with Crippen molar-refractivity contribution in [1.82, 2.24) is 0 Å². The van der Waals surface area contributed by atoms with Gasteiger partial charge < -0.3 is 0 Å². The highest BCUT2D eigenvalue weighted by atomic mass is 16.6. The summed E-state index contributed by atoms with van der Waals surface area (Å²) in [6.07, 6.45) is 0. The molecule has 0 bridgehead atoms. The van der Waals surface area contributed by atoms with E-state index in [1.54, 1.807) is 13.8 Å². The second-order valence-corrected chi connectivity index (χ2v) is 4.85. The van der Waals surface area contributed by atoms with Crippen molar-refractivity contribution in [1.29, 1.82) is 0 Å². The fraction of sp³-hybridized carbons (Fsp3) is 0.133. The van der Waals surface area contributed by atoms with E-state index in [1.807, 2.05) is 0 Å². The van der Waals surface area contributed by atoms with Crippen LogP contribution in [0.1, 0.15) is 27.0 Å². The molecule has 2 aromatic rings. The number of hydrogen-bond donors (Lipinski definition) is 0. The van der Waals surface area contributed by atoms with E-state index in [0.717, 1.165) is 0 Å². The van der Waals surface area contributed by atoms with Crippen LogP contribution >= 0.6 is 0 Å². The minimum atomic E-state index is -0.514. The summed E-state index contributed by atoms with van der Waals surface area (Å²) in [5, 5.41) is 21.6. The molecule has 0 aromatic heterocycles. The first-order valence-corrected chi connectivity index (χ1v) is 6.36. The predicted octanol–water partition coefficient (Wildman–Crippen LogP) is 3.35. The van der Waals surface area contributed by atoms with E-state index in [-0.39, 0.29) is 17.2 Å². The molecule has 7 heteroatoms. The zero-order chi connectivity index (χ0) is 16.4. The van der Waals surface area contributed by atoms with Gasteiger partial charge in [-0.15, -0.1) is 0 Å². The van der Waals surface area contributed by atoms with E-state index in [2.05, 4.69) is 0 Å². The molecular weight excluding hydrogens is 288 g/mol. The van der Waals surface area contributed by atoms with Crippen molar-refractivity contribution in [3.8, 4) is 0 Å². The molecule has 22 heavy (non-hydrogen) atoms. The minimum absolute atomic E-state index is 0.0589. The van der Waals surface area contributed by atoms with Crippen LogP contribution in [-0.4, -0.2) is 15.6 Å². The van der Waals surface area contributed by atoms with Gasteiger partial charge in [0, 0.05) is 34.4 Å². The van der Waals surface area contributed by atoms with Crippen LogP contribution in [0, 0.1) is 34.1 Å². The highest BCUT2D eigenvalue weighted by Crippen LogP contribution is 2.23. The van der Waals surface area contributed by atoms with E-state index < -0.39 is 9.85 Å². The van der Waals surface area contributed by atoms with Crippen LogP contribution in [0.5, 0.6) is 0 Å². The molecule has 0 saturated carbocycles. The molecule has 0 N–H and O–H groups in total. The zero-order valence-electron chi connectivity index (χ0n) is 11.9. The molecule has 0 saturated heterocycles. The first-order chi connectivity index (χ1) is 10.3. The fourth-order valence-electron chi connectivity index (χ4n) is 2.17. The first kappa shape index (κ1) is 15.3. The largest absolute Gasteiger partial charge is 0.289 e. The quantitative estimate of drug-likeness (QED) is 0.489. The summed E-state index contributed by atoms with van der Waals surface area (Å²) in [5.41, 5.74) is 1.25. The van der Waals surface area contributed by atoms with Gasteiger partial charge in [-0.05, 0) is 38.1 Å². The summed E-state index contributed by atoms with van der Waals surface area (Å²) >= 11 is 0. The predicted molar refractivity (Wildman–Crippen MR) is 79.1 cm³/mol. The first-order valence-electron chi connectivity index (χ1n) is 6.36. The normalized spacial score (nSPS) is 10.3. The Balaban J connectivity index is 2.40. The number of carbonyl (C=O) groups excluding carboxylic acids is 1. The maximum atomic E-state index is 12.4. The third-order valence-electron chi connectivity index (χ3n) is 3.31. The lowest BCUT2D eigenvalue weighted by molar-refractivity contribution is -0.385. The maximum absolute atomic E-state index is 12.4. The van der Waals surface area contributed by atoms with Gasteiger partial charge in [0.15, 0.2) is 5.78 Å². The van der Waals surface area contributed by atoms with Crippen molar-refractivity contribution in [3.05, 3.63) is 78.9 Å². The lowest BCUT2D eigenvalue weighted by Crippen LogP contribution is -2.04. The Morgan fingerprint density at radius 2 is 1.18 bits per heavy atom. The summed E-state index contributed by atoms with van der Waals surface area (Å²) in [5.74, 6) is -0.337. The number of nitro groups is 2. The van der Waals surface area contributed by atoms with E-state index in [4.69, 9.17) is 0 Å². The molecule has 112 valence electrons. The summed E-state index contributed by atoms with van der Waals surface area (Å²) in [7, 11) is 0. The Labute approximate surface area is 125 Å². The van der Waals surface area contributed by atoms with Crippen molar-refractivity contribution in [2.75, 3.05) is 0 Å². The van der Waals surface area contributed by atoms with Crippen LogP contribution < -0.4 is 0 Å². The smallest absolute Gasteiger partial charge is 0.272 e. The molecular formula is C15H12N2O5. The SMILES string of the molecule is Cc1cc(C(=O)c2ccc([N+](=O)[O-])c(C)c2)ccc1[N+](=O)[O-].